The number of halogens is 1. The van der Waals surface area contributed by atoms with Crippen LogP contribution in [0.1, 0.15) is 12.6 Å². The third-order valence-electron chi connectivity index (χ3n) is 2.22. The lowest BCUT2D eigenvalue weighted by Crippen LogP contribution is -2.23. The van der Waals surface area contributed by atoms with Gasteiger partial charge >= 0.3 is 5.97 Å². The van der Waals surface area contributed by atoms with Crippen molar-refractivity contribution in [2.75, 3.05) is 11.0 Å². The summed E-state index contributed by atoms with van der Waals surface area (Å²) in [4.78, 5) is 14.6. The summed E-state index contributed by atoms with van der Waals surface area (Å²) in [6, 6.07) is 1.83. The van der Waals surface area contributed by atoms with Crippen LogP contribution in [0.4, 0.5) is 5.69 Å². The number of hydrogen-bond acceptors (Lipinski definition) is 3. The van der Waals surface area contributed by atoms with Gasteiger partial charge in [-0.2, -0.15) is 0 Å². The van der Waals surface area contributed by atoms with Crippen molar-refractivity contribution in [3.8, 4) is 0 Å². The Morgan fingerprint density at radius 3 is 3.27 bits per heavy atom. The summed E-state index contributed by atoms with van der Waals surface area (Å²) in [5.74, 6) is -0.389. The zero-order chi connectivity index (χ0) is 10.8. The molecule has 1 N–H and O–H groups in total. The highest BCUT2D eigenvalue weighted by Gasteiger charge is 2.24. The molecule has 0 fully saturated rings. The summed E-state index contributed by atoms with van der Waals surface area (Å²) in [6.45, 7) is 2.11. The number of hydrogen-bond donors (Lipinski definition) is 1. The maximum Gasteiger partial charge on any atom is 0.355 e. The molecule has 0 spiro atoms. The molecule has 0 unspecified atom stereocenters. The molecule has 1 aromatic heterocycles. The van der Waals surface area contributed by atoms with E-state index in [0.29, 0.717) is 18.7 Å². The van der Waals surface area contributed by atoms with Crippen LogP contribution in [0.5, 0.6) is 0 Å². The minimum atomic E-state index is -0.389. The number of nitrogens with zero attached hydrogens (tertiary/aromatic N) is 1. The molecule has 2 heterocycles. The van der Waals surface area contributed by atoms with Gasteiger partial charge in [0, 0.05) is 30.1 Å². The Morgan fingerprint density at radius 2 is 2.53 bits per heavy atom. The largest absolute Gasteiger partial charge is 0.461 e. The summed E-state index contributed by atoms with van der Waals surface area (Å²) in [6.07, 6.45) is 4.21. The second-order valence-electron chi connectivity index (χ2n) is 3.14. The Morgan fingerprint density at radius 1 is 1.73 bits per heavy atom. The quantitative estimate of drug-likeness (QED) is 0.620. The summed E-state index contributed by atoms with van der Waals surface area (Å²) in [5.41, 5.74) is 2.19. The molecule has 4 nitrogen and oxygen atoms in total. The van der Waals surface area contributed by atoms with Crippen molar-refractivity contribution in [2.45, 2.75) is 13.3 Å². The Hall–Kier alpha value is -1.42. The van der Waals surface area contributed by atoms with Gasteiger partial charge in [-0.1, -0.05) is 0 Å². The van der Waals surface area contributed by atoms with Crippen LogP contribution in [0.3, 0.4) is 0 Å². The molecule has 0 bridgehead atoms. The Bertz CT molecular complexity index is 411. The number of aromatic nitrogens is 1. The molecule has 1 aliphatic rings. The molecule has 0 aliphatic carbocycles. The molecule has 0 radical (unpaired) electrons. The number of aromatic amines is 1. The predicted octanol–water partition coefficient (Wildman–Crippen LogP) is 1.98. The van der Waals surface area contributed by atoms with Gasteiger partial charge in [0.25, 0.3) is 0 Å². The first-order valence-electron chi connectivity index (χ1n) is 4.73. The van der Waals surface area contributed by atoms with Crippen molar-refractivity contribution in [2.24, 2.45) is 0 Å². The number of carbonyl (C=O) groups is 1. The number of H-pyrrole nitrogens is 1. The number of rotatable bonds is 2. The zero-order valence-electron chi connectivity index (χ0n) is 8.29. The Labute approximate surface area is 92.6 Å². The average molecular weight is 227 g/mol. The lowest BCUT2D eigenvalue weighted by Gasteiger charge is -2.21. The molecule has 0 saturated heterocycles. The first-order valence-corrected chi connectivity index (χ1v) is 5.07. The summed E-state index contributed by atoms with van der Waals surface area (Å²) in [7, 11) is 0. The van der Waals surface area contributed by atoms with Gasteiger partial charge in [-0.05, 0) is 19.1 Å². The van der Waals surface area contributed by atoms with Crippen molar-refractivity contribution in [3.05, 3.63) is 29.7 Å². The van der Waals surface area contributed by atoms with E-state index < -0.39 is 0 Å². The number of nitrogens with one attached hydrogen (secondary N) is 1. The summed E-state index contributed by atoms with van der Waals surface area (Å²) < 4.78 is 6.23. The van der Waals surface area contributed by atoms with Crippen LogP contribution in [0.2, 0.25) is 0 Å². The Balaban J connectivity index is 2.23. The fourth-order valence-corrected chi connectivity index (χ4v) is 1.82. The topological polar surface area (TPSA) is 45.3 Å². The third kappa shape index (κ3) is 1.72. The van der Waals surface area contributed by atoms with Crippen LogP contribution in [0.25, 0.3) is 0 Å². The van der Waals surface area contributed by atoms with Crippen molar-refractivity contribution >= 4 is 23.4 Å². The first kappa shape index (κ1) is 10.1. The van der Waals surface area contributed by atoms with E-state index in [1.54, 1.807) is 19.2 Å². The van der Waals surface area contributed by atoms with Crippen LogP contribution in [-0.2, 0) is 16.0 Å². The van der Waals surface area contributed by atoms with Crippen LogP contribution >= 0.6 is 11.8 Å². The van der Waals surface area contributed by atoms with E-state index in [1.165, 1.54) is 4.42 Å². The van der Waals surface area contributed by atoms with Crippen LogP contribution in [-0.4, -0.2) is 17.6 Å². The molecule has 0 atom stereocenters. The van der Waals surface area contributed by atoms with E-state index >= 15 is 0 Å². The van der Waals surface area contributed by atoms with Gasteiger partial charge < -0.3 is 9.72 Å². The number of esters is 1. The normalized spacial score (nSPS) is 14.5. The number of anilines is 1. The van der Waals surface area contributed by atoms with Crippen LogP contribution < -0.4 is 4.42 Å². The molecule has 5 heteroatoms. The van der Waals surface area contributed by atoms with E-state index in [1.807, 2.05) is 6.07 Å². The van der Waals surface area contributed by atoms with Crippen molar-refractivity contribution in [1.82, 2.24) is 4.98 Å². The van der Waals surface area contributed by atoms with Gasteiger partial charge in [0.2, 0.25) is 0 Å². The highest BCUT2D eigenvalue weighted by Crippen LogP contribution is 2.30. The molecule has 15 heavy (non-hydrogen) atoms. The molecule has 0 aromatic carbocycles. The summed E-state index contributed by atoms with van der Waals surface area (Å²) >= 11 is 6.03. The Kier molecular flexibility index (Phi) is 2.68. The molecule has 2 rings (SSSR count). The smallest absolute Gasteiger partial charge is 0.355 e. The molecule has 1 aliphatic heterocycles. The number of ether oxygens (including phenoxy) is 1. The minimum absolute atomic E-state index is 0.348. The highest BCUT2D eigenvalue weighted by molar-refractivity contribution is 6.30. The van der Waals surface area contributed by atoms with Gasteiger partial charge in [-0.3, -0.25) is 0 Å². The lowest BCUT2D eigenvalue weighted by atomic mass is 10.1. The van der Waals surface area contributed by atoms with Crippen molar-refractivity contribution in [1.29, 1.82) is 0 Å². The lowest BCUT2D eigenvalue weighted by molar-refractivity contribution is -0.138. The van der Waals surface area contributed by atoms with Crippen molar-refractivity contribution in [3.63, 3.8) is 0 Å². The maximum absolute atomic E-state index is 11.5. The fourth-order valence-electron chi connectivity index (χ4n) is 1.52. The van der Waals surface area contributed by atoms with Crippen LogP contribution in [0, 0.1) is 0 Å². The number of carbonyl (C=O) groups excluding carboxylic acids is 1. The second kappa shape index (κ2) is 3.98. The van der Waals surface area contributed by atoms with Gasteiger partial charge in [-0.15, -0.1) is 0 Å². The molecule has 0 saturated carbocycles. The maximum atomic E-state index is 11.5. The fraction of sp³-hybridized carbons (Fsp3) is 0.300. The van der Waals surface area contributed by atoms with Gasteiger partial charge in [-0.25, -0.2) is 9.21 Å². The SMILES string of the molecule is CCOC(=O)C1=CCc2[nH]ccc2N1Cl. The minimum Gasteiger partial charge on any atom is -0.461 e. The molecular formula is C10H11ClN2O2. The second-order valence-corrected chi connectivity index (χ2v) is 3.47. The van der Waals surface area contributed by atoms with E-state index in [0.717, 1.165) is 11.4 Å². The number of fused-ring (bicyclic) bond motifs is 1. The van der Waals surface area contributed by atoms with Crippen LogP contribution in [0.15, 0.2) is 24.0 Å². The summed E-state index contributed by atoms with van der Waals surface area (Å²) in [5, 5.41) is 0. The first-order chi connectivity index (χ1) is 7.24. The zero-order valence-corrected chi connectivity index (χ0v) is 9.04. The third-order valence-corrected chi connectivity index (χ3v) is 2.58. The highest BCUT2D eigenvalue weighted by atomic mass is 35.5. The van der Waals surface area contributed by atoms with Gasteiger partial charge in [0.05, 0.1) is 12.3 Å². The van der Waals surface area contributed by atoms with Gasteiger partial charge in [0.1, 0.15) is 5.70 Å². The van der Waals surface area contributed by atoms with E-state index in [2.05, 4.69) is 4.98 Å². The molecule has 80 valence electrons. The predicted molar refractivity (Wildman–Crippen MR) is 57.5 cm³/mol. The van der Waals surface area contributed by atoms with E-state index in [-0.39, 0.29) is 5.97 Å². The molecule has 0 amide bonds. The standard InChI is InChI=1S/C10H11ClN2O2/c1-2-15-10(14)9-4-3-7-8(13(9)11)5-6-12-7/h4-6,12H,2-3H2,1H3. The van der Waals surface area contributed by atoms with Gasteiger partial charge in [0.15, 0.2) is 0 Å². The van der Waals surface area contributed by atoms with E-state index in [9.17, 15) is 4.79 Å². The average Bonchev–Trinajstić information content (AvgIpc) is 2.67. The van der Waals surface area contributed by atoms with Crippen molar-refractivity contribution < 1.29 is 9.53 Å². The molecule has 1 aromatic rings. The molecular weight excluding hydrogens is 216 g/mol. The monoisotopic (exact) mass is 226 g/mol. The van der Waals surface area contributed by atoms with E-state index in [4.69, 9.17) is 16.5 Å². The number of allylic oxidation sites excluding steroid dienone is 1.